The van der Waals surface area contributed by atoms with Crippen LogP contribution in [-0.2, 0) is 29.0 Å². The molecule has 2 amide bonds. The highest BCUT2D eigenvalue weighted by Crippen LogP contribution is 2.29. The van der Waals surface area contributed by atoms with Crippen LogP contribution < -0.4 is 20.1 Å². The third kappa shape index (κ3) is 9.63. The van der Waals surface area contributed by atoms with Gasteiger partial charge >= 0.3 is 6.09 Å². The first-order valence-electron chi connectivity index (χ1n) is 12.5. The normalized spacial score (nSPS) is 11.8. The van der Waals surface area contributed by atoms with Crippen molar-refractivity contribution in [1.82, 2.24) is 10.6 Å². The molecule has 8 heteroatoms. The van der Waals surface area contributed by atoms with Crippen LogP contribution in [-0.4, -0.2) is 37.3 Å². The predicted octanol–water partition coefficient (Wildman–Crippen LogP) is 5.72. The minimum atomic E-state index is -0.856. The molecule has 0 radical (unpaired) electrons. The minimum Gasteiger partial charge on any atom is -0.493 e. The minimum absolute atomic E-state index is 0.234. The maximum Gasteiger partial charge on any atom is 0.408 e. The van der Waals surface area contributed by atoms with Crippen LogP contribution in [0, 0.1) is 0 Å². The average Bonchev–Trinajstić information content (AvgIpc) is 2.88. The second kappa shape index (κ2) is 13.7. The maximum absolute atomic E-state index is 13.2. The molecule has 0 heterocycles. The number of alkyl carbamates (subject to hydrolysis) is 1. The molecule has 38 heavy (non-hydrogen) atoms. The van der Waals surface area contributed by atoms with E-state index in [9.17, 15) is 9.59 Å². The number of methoxy groups -OCH3 is 1. The summed E-state index contributed by atoms with van der Waals surface area (Å²) in [6.45, 7) is 6.08. The molecule has 0 aliphatic heterocycles. The van der Waals surface area contributed by atoms with Crippen LogP contribution in [0.25, 0.3) is 0 Å². The average molecular weight is 539 g/mol. The highest BCUT2D eigenvalue weighted by molar-refractivity contribution is 6.30. The lowest BCUT2D eigenvalue weighted by Crippen LogP contribution is -2.49. The molecule has 7 nitrogen and oxygen atoms in total. The Morgan fingerprint density at radius 1 is 0.895 bits per heavy atom. The van der Waals surface area contributed by atoms with Gasteiger partial charge in [-0.15, -0.1) is 0 Å². The van der Waals surface area contributed by atoms with Crippen LogP contribution >= 0.6 is 11.6 Å². The highest BCUT2D eigenvalue weighted by Gasteiger charge is 2.25. The van der Waals surface area contributed by atoms with Crippen LogP contribution in [0.4, 0.5) is 4.79 Å². The molecule has 0 aliphatic carbocycles. The second-order valence-electron chi connectivity index (χ2n) is 9.83. The van der Waals surface area contributed by atoms with Crippen molar-refractivity contribution in [2.24, 2.45) is 0 Å². The van der Waals surface area contributed by atoms with Gasteiger partial charge in [0.2, 0.25) is 5.91 Å². The molecule has 0 aromatic heterocycles. The Hall–Kier alpha value is -3.71. The Morgan fingerprint density at radius 3 is 2.24 bits per heavy atom. The van der Waals surface area contributed by atoms with E-state index in [1.54, 1.807) is 33.9 Å². The summed E-state index contributed by atoms with van der Waals surface area (Å²) in [5.74, 6) is 0.814. The van der Waals surface area contributed by atoms with Gasteiger partial charge in [0.15, 0.2) is 11.5 Å². The van der Waals surface area contributed by atoms with Crippen molar-refractivity contribution in [3.63, 3.8) is 0 Å². The zero-order valence-corrected chi connectivity index (χ0v) is 23.0. The van der Waals surface area contributed by atoms with Crippen molar-refractivity contribution < 1.29 is 23.8 Å². The van der Waals surface area contributed by atoms with Gasteiger partial charge in [0.25, 0.3) is 0 Å². The van der Waals surface area contributed by atoms with Gasteiger partial charge in [0, 0.05) is 18.0 Å². The van der Waals surface area contributed by atoms with Crippen molar-refractivity contribution in [3.8, 4) is 11.5 Å². The summed E-state index contributed by atoms with van der Waals surface area (Å²) in [4.78, 5) is 25.7. The Kier molecular flexibility index (Phi) is 10.4. The van der Waals surface area contributed by atoms with Gasteiger partial charge in [0.1, 0.15) is 18.2 Å². The number of benzene rings is 3. The van der Waals surface area contributed by atoms with Gasteiger partial charge in [-0.25, -0.2) is 4.79 Å². The van der Waals surface area contributed by atoms with E-state index < -0.39 is 17.7 Å². The number of carbonyl (C=O) groups excluding carboxylic acids is 2. The molecular formula is C30H35ClN2O5. The SMILES string of the molecule is COc1ccc(CC(NC(=O)OC(C)(C)C)C(=O)NCCc2ccc(Cl)cc2)cc1OCc1ccccc1. The van der Waals surface area contributed by atoms with E-state index in [0.717, 1.165) is 16.7 Å². The summed E-state index contributed by atoms with van der Waals surface area (Å²) in [5.41, 5.74) is 2.16. The molecule has 202 valence electrons. The van der Waals surface area contributed by atoms with Crippen molar-refractivity contribution in [2.75, 3.05) is 13.7 Å². The van der Waals surface area contributed by atoms with Crippen LogP contribution in [0.5, 0.6) is 11.5 Å². The molecule has 0 saturated heterocycles. The van der Waals surface area contributed by atoms with Gasteiger partial charge in [-0.05, 0) is 68.1 Å². The van der Waals surface area contributed by atoms with Gasteiger partial charge in [-0.1, -0.05) is 60.1 Å². The fourth-order valence-electron chi connectivity index (χ4n) is 3.70. The maximum atomic E-state index is 13.2. The largest absolute Gasteiger partial charge is 0.493 e. The summed E-state index contributed by atoms with van der Waals surface area (Å²) in [5, 5.41) is 6.30. The molecule has 1 atom stereocenters. The molecule has 3 aromatic rings. The fourth-order valence-corrected chi connectivity index (χ4v) is 3.82. The smallest absolute Gasteiger partial charge is 0.408 e. The predicted molar refractivity (Wildman–Crippen MR) is 149 cm³/mol. The number of hydrogen-bond acceptors (Lipinski definition) is 5. The first-order valence-corrected chi connectivity index (χ1v) is 12.9. The topological polar surface area (TPSA) is 85.9 Å². The summed E-state index contributed by atoms with van der Waals surface area (Å²) in [6, 6.07) is 21.9. The van der Waals surface area contributed by atoms with Gasteiger partial charge < -0.3 is 24.8 Å². The van der Waals surface area contributed by atoms with Crippen LogP contribution in [0.15, 0.2) is 72.8 Å². The van der Waals surface area contributed by atoms with Crippen molar-refractivity contribution in [2.45, 2.75) is 51.9 Å². The summed E-state index contributed by atoms with van der Waals surface area (Å²) >= 11 is 5.95. The lowest BCUT2D eigenvalue weighted by Gasteiger charge is -2.23. The first kappa shape index (κ1) is 28.9. The van der Waals surface area contributed by atoms with E-state index in [1.807, 2.05) is 66.7 Å². The summed E-state index contributed by atoms with van der Waals surface area (Å²) < 4.78 is 16.9. The summed E-state index contributed by atoms with van der Waals surface area (Å²) in [7, 11) is 1.57. The van der Waals surface area contributed by atoms with Gasteiger partial charge in [-0.3, -0.25) is 4.79 Å². The highest BCUT2D eigenvalue weighted by atomic mass is 35.5. The number of carbonyl (C=O) groups is 2. The molecule has 0 saturated carbocycles. The second-order valence-corrected chi connectivity index (χ2v) is 10.3. The van der Waals surface area contributed by atoms with E-state index in [-0.39, 0.29) is 12.3 Å². The quantitative estimate of drug-likeness (QED) is 0.326. The molecule has 0 bridgehead atoms. The lowest BCUT2D eigenvalue weighted by atomic mass is 10.0. The number of hydrogen-bond donors (Lipinski definition) is 2. The standard InChI is InChI=1S/C30H35ClN2O5/c1-30(2,3)38-29(35)33-25(28(34)32-17-16-21-10-13-24(31)14-11-21)18-23-12-15-26(36-4)27(19-23)37-20-22-8-6-5-7-9-22/h5-15,19,25H,16-18,20H2,1-4H3,(H,32,34)(H,33,35). The molecule has 2 N–H and O–H groups in total. The Morgan fingerprint density at radius 2 is 1.58 bits per heavy atom. The lowest BCUT2D eigenvalue weighted by molar-refractivity contribution is -0.123. The summed E-state index contributed by atoms with van der Waals surface area (Å²) in [6.07, 6.45) is 0.198. The zero-order valence-electron chi connectivity index (χ0n) is 22.3. The molecule has 3 aromatic carbocycles. The van der Waals surface area contributed by atoms with E-state index in [4.69, 9.17) is 25.8 Å². The third-order valence-corrected chi connectivity index (χ3v) is 5.79. The molecular weight excluding hydrogens is 504 g/mol. The molecule has 0 aliphatic rings. The number of rotatable bonds is 11. The van der Waals surface area contributed by atoms with Gasteiger partial charge in [0.05, 0.1) is 7.11 Å². The fraction of sp³-hybridized carbons (Fsp3) is 0.333. The molecule has 1 unspecified atom stereocenters. The van der Waals surface area contributed by atoms with Gasteiger partial charge in [-0.2, -0.15) is 0 Å². The van der Waals surface area contributed by atoms with Crippen molar-refractivity contribution in [3.05, 3.63) is 94.5 Å². The first-order chi connectivity index (χ1) is 18.1. The van der Waals surface area contributed by atoms with Crippen LogP contribution in [0.3, 0.4) is 0 Å². The molecule has 0 fully saturated rings. The zero-order chi connectivity index (χ0) is 27.5. The number of halogens is 1. The Labute approximate surface area is 229 Å². The number of ether oxygens (including phenoxy) is 3. The van der Waals surface area contributed by atoms with E-state index in [0.29, 0.717) is 36.1 Å². The molecule has 0 spiro atoms. The van der Waals surface area contributed by atoms with E-state index >= 15 is 0 Å². The van der Waals surface area contributed by atoms with E-state index in [2.05, 4.69) is 10.6 Å². The van der Waals surface area contributed by atoms with Crippen LogP contribution in [0.1, 0.15) is 37.5 Å². The molecule has 3 rings (SSSR count). The van der Waals surface area contributed by atoms with Crippen molar-refractivity contribution in [1.29, 1.82) is 0 Å². The number of nitrogens with one attached hydrogen (secondary N) is 2. The van der Waals surface area contributed by atoms with Crippen LogP contribution in [0.2, 0.25) is 5.02 Å². The Balaban J connectivity index is 1.71. The Bertz CT molecular complexity index is 1190. The van der Waals surface area contributed by atoms with E-state index in [1.165, 1.54) is 0 Å². The monoisotopic (exact) mass is 538 g/mol. The van der Waals surface area contributed by atoms with Crippen molar-refractivity contribution >= 4 is 23.6 Å². The number of amides is 2. The third-order valence-electron chi connectivity index (χ3n) is 5.54.